The summed E-state index contributed by atoms with van der Waals surface area (Å²) in [4.78, 5) is 44.6. The Bertz CT molecular complexity index is 1300. The number of epoxide rings is 1. The van der Waals surface area contributed by atoms with Crippen molar-refractivity contribution in [3.8, 4) is 0 Å². The molecule has 2 saturated heterocycles. The minimum atomic E-state index is -1.56. The van der Waals surface area contributed by atoms with Gasteiger partial charge in [-0.3, -0.25) is 14.9 Å². The smallest absolute Gasteiger partial charge is 0.409 e. The van der Waals surface area contributed by atoms with Crippen LogP contribution < -0.4 is 16.1 Å². The molecular formula is C30H40ClN3O8. The maximum Gasteiger partial charge on any atom is 0.409 e. The van der Waals surface area contributed by atoms with Crippen LogP contribution in [0.1, 0.15) is 51.7 Å². The van der Waals surface area contributed by atoms with Gasteiger partial charge in [0.15, 0.2) is 6.61 Å². The van der Waals surface area contributed by atoms with Crippen LogP contribution in [0, 0.1) is 18.8 Å². The van der Waals surface area contributed by atoms with Crippen LogP contribution in [0.2, 0.25) is 5.02 Å². The van der Waals surface area contributed by atoms with Crippen molar-refractivity contribution >= 4 is 35.3 Å². The molecule has 7 unspecified atom stereocenters. The number of esters is 1. The summed E-state index contributed by atoms with van der Waals surface area (Å²) in [6.07, 6.45) is 3.08. The number of benzene rings is 1. The minimum absolute atomic E-state index is 0.0980. The maximum absolute atomic E-state index is 13.7. The Hall–Kier alpha value is -2.96. The van der Waals surface area contributed by atoms with E-state index in [4.69, 9.17) is 31.7 Å². The van der Waals surface area contributed by atoms with E-state index in [9.17, 15) is 19.5 Å². The van der Waals surface area contributed by atoms with Crippen LogP contribution in [0.3, 0.4) is 0 Å². The molecule has 1 aromatic rings. The van der Waals surface area contributed by atoms with Gasteiger partial charge in [0.1, 0.15) is 23.5 Å². The monoisotopic (exact) mass is 605 g/mol. The van der Waals surface area contributed by atoms with Gasteiger partial charge in [0.25, 0.3) is 0 Å². The summed E-state index contributed by atoms with van der Waals surface area (Å²) in [5.74, 6) is 3.10. The van der Waals surface area contributed by atoms with Crippen LogP contribution in [0.15, 0.2) is 35.9 Å². The summed E-state index contributed by atoms with van der Waals surface area (Å²) in [5, 5.41) is 14.5. The number of aliphatic hydroxyl groups is 1. The van der Waals surface area contributed by atoms with Crippen LogP contribution in [0.5, 0.6) is 0 Å². The van der Waals surface area contributed by atoms with Crippen molar-refractivity contribution in [2.24, 2.45) is 17.7 Å². The number of carbonyl (C=O) groups excluding carboxylic acids is 3. The molecule has 0 saturated carbocycles. The van der Waals surface area contributed by atoms with Gasteiger partial charge in [-0.2, -0.15) is 0 Å². The molecule has 0 spiro atoms. The second-order valence-electron chi connectivity index (χ2n) is 11.8. The average molecular weight is 606 g/mol. The fourth-order valence-corrected chi connectivity index (χ4v) is 6.04. The van der Waals surface area contributed by atoms with Crippen LogP contribution in [0.4, 0.5) is 10.5 Å². The van der Waals surface area contributed by atoms with Gasteiger partial charge in [0.2, 0.25) is 5.91 Å². The Balaban J connectivity index is 1.76. The second-order valence-corrected chi connectivity index (χ2v) is 12.2. The van der Waals surface area contributed by atoms with Crippen LogP contribution in [-0.2, 0) is 35.1 Å². The molecule has 42 heavy (non-hydrogen) atoms. The lowest BCUT2D eigenvalue weighted by Crippen LogP contribution is -2.60. The Morgan fingerprint density at radius 1 is 1.29 bits per heavy atom. The molecule has 7 atom stereocenters. The van der Waals surface area contributed by atoms with Gasteiger partial charge in [-0.1, -0.05) is 55.3 Å². The van der Waals surface area contributed by atoms with E-state index in [-0.39, 0.29) is 18.7 Å². The first-order chi connectivity index (χ1) is 19.7. The molecule has 3 aliphatic rings. The van der Waals surface area contributed by atoms with E-state index >= 15 is 0 Å². The number of nitrogens with zero attached hydrogens (tertiary/aromatic N) is 1. The predicted molar refractivity (Wildman–Crippen MR) is 155 cm³/mol. The molecule has 4 bridgehead atoms. The van der Waals surface area contributed by atoms with Gasteiger partial charge in [-0.15, -0.1) is 0 Å². The van der Waals surface area contributed by atoms with Crippen molar-refractivity contribution < 1.29 is 38.5 Å². The molecule has 230 valence electrons. The van der Waals surface area contributed by atoms with Gasteiger partial charge in [0.05, 0.1) is 23.2 Å². The fraction of sp³-hybridized carbons (Fsp3) is 0.567. The third-order valence-electron chi connectivity index (χ3n) is 8.56. The Morgan fingerprint density at radius 2 is 2.00 bits per heavy atom. The quantitative estimate of drug-likeness (QED) is 0.267. The SMILES string of the molecule is C/C1=C\C=C\C(C)C2(O)CC(OC(=O)N2)C(C)C2OC2(C)C(OC(=O)CON)CC(=O)N(C)c2cc(cc(C)c2Cl)C1. The van der Waals surface area contributed by atoms with Crippen LogP contribution in [-0.4, -0.2) is 66.4 Å². The number of alkyl carbamates (subject to hydrolysis) is 1. The standard InChI is InChI=1S/C30H40ClN3O8/c1-16-8-7-9-18(3)30(38)14-22(40-28(37)33-30)19(4)27-29(5,42-27)23(41-25(36)15-39-32)13-24(35)34(6)21-12-20(10-16)11-17(2)26(21)31/h7-9,11-12,18-19,22-23,27,38H,10,13-15,32H2,1-6H3,(H,33,37)/b9-7+,16-8+. The lowest BCUT2D eigenvalue weighted by atomic mass is 9.82. The number of allylic oxidation sites excluding steroid dienone is 3. The normalized spacial score (nSPS) is 35.7. The number of hydrogen-bond acceptors (Lipinski definition) is 9. The molecule has 4 rings (SSSR count). The van der Waals surface area contributed by atoms with Gasteiger partial charge in [-0.25, -0.2) is 15.5 Å². The zero-order valence-electron chi connectivity index (χ0n) is 24.8. The summed E-state index contributed by atoms with van der Waals surface area (Å²) in [7, 11) is 1.62. The number of nitrogens with two attached hydrogens (primary N) is 1. The van der Waals surface area contributed by atoms with Crippen molar-refractivity contribution in [3.63, 3.8) is 0 Å². The number of rotatable bonds is 3. The number of aryl methyl sites for hydroxylation is 1. The first-order valence-corrected chi connectivity index (χ1v) is 14.4. The molecule has 11 nitrogen and oxygen atoms in total. The molecule has 0 radical (unpaired) electrons. The van der Waals surface area contributed by atoms with E-state index in [1.54, 1.807) is 14.0 Å². The molecule has 3 aliphatic heterocycles. The van der Waals surface area contributed by atoms with Gasteiger partial charge in [-0.05, 0) is 44.4 Å². The largest absolute Gasteiger partial charge is 0.457 e. The Labute approximate surface area is 250 Å². The summed E-state index contributed by atoms with van der Waals surface area (Å²) < 4.78 is 17.3. The van der Waals surface area contributed by atoms with Crippen LogP contribution >= 0.6 is 11.6 Å². The number of carbonyl (C=O) groups is 3. The van der Waals surface area contributed by atoms with Crippen molar-refractivity contribution in [2.75, 3.05) is 18.6 Å². The highest BCUT2D eigenvalue weighted by Gasteiger charge is 2.64. The first-order valence-electron chi connectivity index (χ1n) is 14.0. The third kappa shape index (κ3) is 6.65. The summed E-state index contributed by atoms with van der Waals surface area (Å²) in [6.45, 7) is 8.73. The van der Waals surface area contributed by atoms with Crippen molar-refractivity contribution in [3.05, 3.63) is 52.1 Å². The molecule has 4 N–H and O–H groups in total. The molecule has 0 aliphatic carbocycles. The zero-order valence-corrected chi connectivity index (χ0v) is 25.6. The van der Waals surface area contributed by atoms with Crippen molar-refractivity contribution in [2.45, 2.75) is 83.5 Å². The van der Waals surface area contributed by atoms with Crippen LogP contribution in [0.25, 0.3) is 0 Å². The van der Waals surface area contributed by atoms with E-state index in [1.165, 1.54) is 4.90 Å². The van der Waals surface area contributed by atoms with E-state index in [1.807, 2.05) is 58.1 Å². The number of ether oxygens (including phenoxy) is 3. The molecule has 2 amide bonds. The fourth-order valence-electron chi connectivity index (χ4n) is 5.81. The predicted octanol–water partition coefficient (Wildman–Crippen LogP) is 3.48. The number of nitrogens with one attached hydrogen (secondary N) is 1. The first kappa shape index (κ1) is 32.0. The molecule has 12 heteroatoms. The minimum Gasteiger partial charge on any atom is -0.457 e. The highest BCUT2D eigenvalue weighted by atomic mass is 35.5. The summed E-state index contributed by atoms with van der Waals surface area (Å²) in [5.41, 5.74) is 0.673. The highest BCUT2D eigenvalue weighted by molar-refractivity contribution is 6.34. The number of halogens is 1. The van der Waals surface area contributed by atoms with Gasteiger partial charge in [0, 0.05) is 25.3 Å². The van der Waals surface area contributed by atoms with Gasteiger partial charge < -0.3 is 24.2 Å². The lowest BCUT2D eigenvalue weighted by molar-refractivity contribution is -0.159. The van der Waals surface area contributed by atoms with E-state index in [2.05, 4.69) is 10.2 Å². The number of amides is 2. The number of fused-ring (bicyclic) bond motifs is 5. The van der Waals surface area contributed by atoms with E-state index in [0.29, 0.717) is 17.1 Å². The number of hydrogen-bond donors (Lipinski definition) is 3. The second kappa shape index (κ2) is 12.3. The molecule has 0 aromatic heterocycles. The molecule has 2 fully saturated rings. The molecule has 1 aromatic carbocycles. The van der Waals surface area contributed by atoms with E-state index in [0.717, 1.165) is 16.7 Å². The summed E-state index contributed by atoms with van der Waals surface area (Å²) >= 11 is 6.66. The average Bonchev–Trinajstić information content (AvgIpc) is 3.60. The molecular weight excluding hydrogens is 566 g/mol. The highest BCUT2D eigenvalue weighted by Crippen LogP contribution is 2.49. The maximum atomic E-state index is 13.7. The Morgan fingerprint density at radius 3 is 2.69 bits per heavy atom. The summed E-state index contributed by atoms with van der Waals surface area (Å²) in [6, 6.07) is 3.84. The molecule has 3 heterocycles. The third-order valence-corrected chi connectivity index (χ3v) is 9.06. The lowest BCUT2D eigenvalue weighted by Gasteiger charge is -2.41. The van der Waals surface area contributed by atoms with Crippen molar-refractivity contribution in [1.29, 1.82) is 0 Å². The number of anilines is 1. The van der Waals surface area contributed by atoms with Crippen molar-refractivity contribution in [1.82, 2.24) is 5.32 Å². The zero-order chi connectivity index (χ0) is 31.0. The topological polar surface area (TPSA) is 153 Å². The van der Waals surface area contributed by atoms with Gasteiger partial charge >= 0.3 is 12.1 Å². The Kier molecular flexibility index (Phi) is 9.39. The van der Waals surface area contributed by atoms with E-state index < -0.39 is 60.1 Å².